The van der Waals surface area contributed by atoms with Gasteiger partial charge >= 0.3 is 0 Å². The minimum absolute atomic E-state index is 0.0690. The number of carbonyl (C=O) groups is 1. The second-order valence-electron chi connectivity index (χ2n) is 7.91. The summed E-state index contributed by atoms with van der Waals surface area (Å²) in [5.74, 6) is 1.85. The molecule has 0 bridgehead atoms. The average Bonchev–Trinajstić information content (AvgIpc) is 3.27. The lowest BCUT2D eigenvalue weighted by atomic mass is 9.94. The predicted octanol–water partition coefficient (Wildman–Crippen LogP) is 3.92. The van der Waals surface area contributed by atoms with E-state index in [1.807, 2.05) is 23.1 Å². The number of rotatable bonds is 7. The molecule has 0 saturated carbocycles. The molecular weight excluding hydrogens is 413 g/mol. The van der Waals surface area contributed by atoms with Crippen molar-refractivity contribution in [3.05, 3.63) is 59.7 Å². The van der Waals surface area contributed by atoms with Crippen LogP contribution in [0.25, 0.3) is 11.4 Å². The fraction of sp³-hybridized carbons (Fsp3) is 0.375. The zero-order chi connectivity index (χ0) is 22.5. The number of piperidine rings is 1. The summed E-state index contributed by atoms with van der Waals surface area (Å²) in [5.41, 5.74) is 1.19. The number of benzene rings is 2. The van der Waals surface area contributed by atoms with Crippen LogP contribution in [-0.2, 0) is 17.6 Å². The van der Waals surface area contributed by atoms with Crippen molar-refractivity contribution in [2.75, 3.05) is 27.3 Å². The lowest BCUT2D eigenvalue weighted by molar-refractivity contribution is -0.132. The smallest absolute Gasteiger partial charge is 0.227 e. The van der Waals surface area contributed by atoms with Crippen LogP contribution < -0.4 is 9.47 Å². The van der Waals surface area contributed by atoms with Crippen LogP contribution in [0.1, 0.15) is 24.3 Å². The Morgan fingerprint density at radius 3 is 2.78 bits per heavy atom. The molecule has 0 radical (unpaired) electrons. The molecule has 32 heavy (non-hydrogen) atoms. The van der Waals surface area contributed by atoms with Crippen molar-refractivity contribution in [3.8, 4) is 22.9 Å². The van der Waals surface area contributed by atoms with E-state index in [4.69, 9.17) is 14.0 Å². The molecule has 0 N–H and O–H groups in total. The number of hydrogen-bond acceptors (Lipinski definition) is 6. The highest BCUT2D eigenvalue weighted by molar-refractivity contribution is 5.79. The molecule has 1 amide bonds. The molecule has 4 rings (SSSR count). The van der Waals surface area contributed by atoms with Gasteiger partial charge in [0.25, 0.3) is 0 Å². The molecule has 0 aliphatic carbocycles. The van der Waals surface area contributed by atoms with E-state index in [9.17, 15) is 9.18 Å². The number of amides is 1. The van der Waals surface area contributed by atoms with Gasteiger partial charge in [0.2, 0.25) is 17.6 Å². The van der Waals surface area contributed by atoms with Crippen molar-refractivity contribution in [3.63, 3.8) is 0 Å². The third kappa shape index (κ3) is 4.90. The molecule has 2 heterocycles. The van der Waals surface area contributed by atoms with E-state index in [0.29, 0.717) is 42.3 Å². The molecule has 1 saturated heterocycles. The minimum atomic E-state index is -0.385. The van der Waals surface area contributed by atoms with Crippen LogP contribution in [-0.4, -0.2) is 48.3 Å². The quantitative estimate of drug-likeness (QED) is 0.555. The Morgan fingerprint density at radius 2 is 2.00 bits per heavy atom. The molecule has 1 fully saturated rings. The Kier molecular flexibility index (Phi) is 6.68. The van der Waals surface area contributed by atoms with Crippen molar-refractivity contribution >= 4 is 5.91 Å². The van der Waals surface area contributed by atoms with Gasteiger partial charge in [-0.05, 0) is 48.6 Å². The van der Waals surface area contributed by atoms with Crippen LogP contribution in [0.3, 0.4) is 0 Å². The molecule has 7 nitrogen and oxygen atoms in total. The Morgan fingerprint density at radius 1 is 1.19 bits per heavy atom. The standard InChI is InChI=1S/C24H26FN3O4/c1-30-20-10-9-16(12-21(20)31-2)14-23(29)28-11-5-6-17(15-28)13-22-26-24(27-32-22)18-7-3-4-8-19(18)25/h3-4,7-10,12,17H,5-6,11,13-15H2,1-2H3/t17-/m1/s1. The molecule has 2 aromatic carbocycles. The lowest BCUT2D eigenvalue weighted by Crippen LogP contribution is -2.41. The number of ether oxygens (including phenoxy) is 2. The van der Waals surface area contributed by atoms with Gasteiger partial charge in [-0.25, -0.2) is 4.39 Å². The monoisotopic (exact) mass is 439 g/mol. The van der Waals surface area contributed by atoms with Crippen molar-refractivity contribution in [2.24, 2.45) is 5.92 Å². The van der Waals surface area contributed by atoms with E-state index in [1.54, 1.807) is 32.4 Å². The van der Waals surface area contributed by atoms with Crippen LogP contribution in [0.15, 0.2) is 47.0 Å². The first-order valence-electron chi connectivity index (χ1n) is 10.6. The Bertz CT molecular complexity index is 1080. The zero-order valence-electron chi connectivity index (χ0n) is 18.2. The summed E-state index contributed by atoms with van der Waals surface area (Å²) in [6.45, 7) is 1.36. The topological polar surface area (TPSA) is 77.7 Å². The molecule has 8 heteroatoms. The minimum Gasteiger partial charge on any atom is -0.493 e. The van der Waals surface area contributed by atoms with Gasteiger partial charge in [-0.15, -0.1) is 0 Å². The number of halogens is 1. The van der Waals surface area contributed by atoms with E-state index >= 15 is 0 Å². The van der Waals surface area contributed by atoms with Gasteiger partial charge in [0, 0.05) is 19.5 Å². The molecule has 1 atom stereocenters. The number of nitrogens with zero attached hydrogens (tertiary/aromatic N) is 3. The maximum atomic E-state index is 14.0. The van der Waals surface area contributed by atoms with Crippen LogP contribution in [0, 0.1) is 11.7 Å². The fourth-order valence-corrected chi connectivity index (χ4v) is 4.07. The molecule has 1 aliphatic heterocycles. The van der Waals surface area contributed by atoms with Gasteiger partial charge < -0.3 is 18.9 Å². The summed E-state index contributed by atoms with van der Waals surface area (Å²) < 4.78 is 29.9. The maximum absolute atomic E-state index is 14.0. The molecule has 3 aromatic rings. The second kappa shape index (κ2) is 9.80. The first kappa shape index (κ1) is 21.8. The van der Waals surface area contributed by atoms with Crippen molar-refractivity contribution < 1.29 is 23.2 Å². The van der Waals surface area contributed by atoms with Crippen molar-refractivity contribution in [1.82, 2.24) is 15.0 Å². The molecule has 0 spiro atoms. The van der Waals surface area contributed by atoms with Crippen LogP contribution in [0.5, 0.6) is 11.5 Å². The predicted molar refractivity (Wildman–Crippen MR) is 116 cm³/mol. The second-order valence-corrected chi connectivity index (χ2v) is 7.91. The highest BCUT2D eigenvalue weighted by Crippen LogP contribution is 2.28. The van der Waals surface area contributed by atoms with Gasteiger partial charge in [0.15, 0.2) is 11.5 Å². The van der Waals surface area contributed by atoms with Gasteiger partial charge in [-0.2, -0.15) is 4.98 Å². The molecule has 0 unspecified atom stereocenters. The average molecular weight is 439 g/mol. The molecular formula is C24H26FN3O4. The summed E-state index contributed by atoms with van der Waals surface area (Å²) in [5, 5.41) is 3.92. The summed E-state index contributed by atoms with van der Waals surface area (Å²) in [6, 6.07) is 11.9. The Labute approximate surface area is 186 Å². The third-order valence-electron chi connectivity index (χ3n) is 5.72. The summed E-state index contributed by atoms with van der Waals surface area (Å²) in [7, 11) is 3.16. The van der Waals surface area contributed by atoms with E-state index in [1.165, 1.54) is 6.07 Å². The summed E-state index contributed by atoms with van der Waals surface area (Å²) in [4.78, 5) is 19.2. The van der Waals surface area contributed by atoms with Crippen LogP contribution in [0.2, 0.25) is 0 Å². The number of methoxy groups -OCH3 is 2. The maximum Gasteiger partial charge on any atom is 0.227 e. The van der Waals surface area contributed by atoms with Crippen molar-refractivity contribution in [1.29, 1.82) is 0 Å². The molecule has 1 aliphatic rings. The van der Waals surface area contributed by atoms with E-state index < -0.39 is 0 Å². The zero-order valence-corrected chi connectivity index (χ0v) is 18.2. The first-order chi connectivity index (χ1) is 15.6. The summed E-state index contributed by atoms with van der Waals surface area (Å²) in [6.07, 6.45) is 2.74. The van der Waals surface area contributed by atoms with Gasteiger partial charge in [0.05, 0.1) is 26.2 Å². The molecule has 1 aromatic heterocycles. The number of aromatic nitrogens is 2. The Balaban J connectivity index is 1.37. The largest absolute Gasteiger partial charge is 0.493 e. The SMILES string of the molecule is COc1ccc(CC(=O)N2CCC[C@H](Cc3nc(-c4ccccc4F)no3)C2)cc1OC. The number of carbonyl (C=O) groups excluding carboxylic acids is 1. The number of hydrogen-bond donors (Lipinski definition) is 0. The van der Waals surface area contributed by atoms with E-state index in [0.717, 1.165) is 24.9 Å². The fourth-order valence-electron chi connectivity index (χ4n) is 4.07. The highest BCUT2D eigenvalue weighted by atomic mass is 19.1. The van der Waals surface area contributed by atoms with Gasteiger partial charge in [-0.3, -0.25) is 4.79 Å². The number of likely N-dealkylation sites (tertiary alicyclic amines) is 1. The molecule has 168 valence electrons. The van der Waals surface area contributed by atoms with Crippen molar-refractivity contribution in [2.45, 2.75) is 25.7 Å². The van der Waals surface area contributed by atoms with E-state index in [-0.39, 0.29) is 23.5 Å². The first-order valence-corrected chi connectivity index (χ1v) is 10.6. The van der Waals surface area contributed by atoms with E-state index in [2.05, 4.69) is 10.1 Å². The van der Waals surface area contributed by atoms with Crippen LogP contribution >= 0.6 is 0 Å². The van der Waals surface area contributed by atoms with Gasteiger partial charge in [-0.1, -0.05) is 23.4 Å². The highest BCUT2D eigenvalue weighted by Gasteiger charge is 2.26. The normalized spacial score (nSPS) is 16.1. The summed E-state index contributed by atoms with van der Waals surface area (Å²) >= 11 is 0. The lowest BCUT2D eigenvalue weighted by Gasteiger charge is -2.32. The Hall–Kier alpha value is -3.42. The van der Waals surface area contributed by atoms with Gasteiger partial charge in [0.1, 0.15) is 5.82 Å². The third-order valence-corrected chi connectivity index (χ3v) is 5.72. The van der Waals surface area contributed by atoms with Crippen LogP contribution in [0.4, 0.5) is 4.39 Å².